The van der Waals surface area contributed by atoms with Crippen LogP contribution in [0, 0.1) is 13.8 Å². The summed E-state index contributed by atoms with van der Waals surface area (Å²) in [4.78, 5) is 24.5. The summed E-state index contributed by atoms with van der Waals surface area (Å²) in [6, 6.07) is 56.0. The summed E-state index contributed by atoms with van der Waals surface area (Å²) in [6.45, 7) is 10.6. The van der Waals surface area contributed by atoms with Gasteiger partial charge in [0.25, 0.3) is 0 Å². The number of aromatic nitrogens is 5. The van der Waals surface area contributed by atoms with E-state index >= 15 is 0 Å². The minimum atomic E-state index is 0.590. The van der Waals surface area contributed by atoms with E-state index in [4.69, 9.17) is 24.9 Å². The van der Waals surface area contributed by atoms with Crippen LogP contribution in [0.1, 0.15) is 29.4 Å². The van der Waals surface area contributed by atoms with Crippen LogP contribution in [-0.4, -0.2) is 24.9 Å². The third-order valence-electron chi connectivity index (χ3n) is 9.82. The smallest absolute Gasteiger partial charge is 0.164 e. The van der Waals surface area contributed by atoms with Gasteiger partial charge in [-0.3, -0.25) is 0 Å². The monoisotopic (exact) mass is 735 g/mol. The molecule has 2 heterocycles. The molecule has 5 nitrogen and oxygen atoms in total. The maximum Gasteiger partial charge on any atom is 0.164 e. The molecule has 0 bridgehead atoms. The Balaban J connectivity index is 1.24. The van der Waals surface area contributed by atoms with E-state index in [9.17, 15) is 0 Å². The Morgan fingerprint density at radius 3 is 1.46 bits per heavy atom. The predicted molar refractivity (Wildman–Crippen MR) is 236 cm³/mol. The number of allylic oxidation sites excluding steroid dienone is 5. The first-order valence-electron chi connectivity index (χ1n) is 19.1. The summed E-state index contributed by atoms with van der Waals surface area (Å²) in [5, 5.41) is 0. The highest BCUT2D eigenvalue weighted by atomic mass is 15.0. The molecule has 6 aromatic carbocycles. The van der Waals surface area contributed by atoms with Crippen LogP contribution in [0.5, 0.6) is 0 Å². The van der Waals surface area contributed by atoms with E-state index in [0.717, 1.165) is 84.0 Å². The predicted octanol–water partition coefficient (Wildman–Crippen LogP) is 13.0. The van der Waals surface area contributed by atoms with Gasteiger partial charge in [0, 0.05) is 33.6 Å². The zero-order valence-electron chi connectivity index (χ0n) is 32.3. The molecule has 0 aliphatic heterocycles. The Morgan fingerprint density at radius 1 is 0.421 bits per heavy atom. The van der Waals surface area contributed by atoms with E-state index in [1.807, 2.05) is 86.6 Å². The highest BCUT2D eigenvalue weighted by Crippen LogP contribution is 2.34. The molecule has 0 saturated heterocycles. The molecule has 57 heavy (non-hydrogen) atoms. The van der Waals surface area contributed by atoms with Gasteiger partial charge in [-0.05, 0) is 89.6 Å². The molecule has 8 rings (SSSR count). The van der Waals surface area contributed by atoms with Gasteiger partial charge in [-0.15, -0.1) is 0 Å². The largest absolute Gasteiger partial charge is 0.233 e. The van der Waals surface area contributed by atoms with Gasteiger partial charge in [-0.25, -0.2) is 24.9 Å². The third-order valence-corrected chi connectivity index (χ3v) is 9.82. The van der Waals surface area contributed by atoms with Crippen molar-refractivity contribution in [1.29, 1.82) is 0 Å². The lowest BCUT2D eigenvalue weighted by Gasteiger charge is -2.14. The quantitative estimate of drug-likeness (QED) is 0.131. The van der Waals surface area contributed by atoms with Crippen molar-refractivity contribution in [3.8, 4) is 67.8 Å². The standard InChI is InChI=1S/C52H41N5/c1-5-38(26-25-35(2)47-23-15-16-24-48(47)40-17-9-6-10-18-40)44-32-45(39-27-29-43(30-28-39)49-53-36(3)31-37(4)54-49)34-46(33-44)52-56-50(41-19-11-7-12-20-41)55-51(57-52)42-21-13-8-14-22-42/h5-34H,2H2,1,3-4H3/b26-25-,38-5+. The Labute approximate surface area is 334 Å². The van der Waals surface area contributed by atoms with Crippen LogP contribution in [0.15, 0.2) is 189 Å². The Kier molecular flexibility index (Phi) is 10.6. The molecule has 0 unspecified atom stereocenters. The summed E-state index contributed by atoms with van der Waals surface area (Å²) >= 11 is 0. The lowest BCUT2D eigenvalue weighted by molar-refractivity contribution is 1.06. The van der Waals surface area contributed by atoms with Crippen molar-refractivity contribution in [2.75, 3.05) is 0 Å². The van der Waals surface area contributed by atoms with Crippen LogP contribution in [0.3, 0.4) is 0 Å². The van der Waals surface area contributed by atoms with E-state index in [0.29, 0.717) is 17.5 Å². The lowest BCUT2D eigenvalue weighted by atomic mass is 9.93. The van der Waals surface area contributed by atoms with Gasteiger partial charge in [0.15, 0.2) is 23.3 Å². The van der Waals surface area contributed by atoms with Crippen LogP contribution < -0.4 is 0 Å². The fourth-order valence-electron chi connectivity index (χ4n) is 6.97. The van der Waals surface area contributed by atoms with Crippen molar-refractivity contribution < 1.29 is 0 Å². The molecule has 0 fully saturated rings. The van der Waals surface area contributed by atoms with Crippen molar-refractivity contribution in [2.45, 2.75) is 20.8 Å². The van der Waals surface area contributed by atoms with Crippen LogP contribution in [0.25, 0.3) is 79.0 Å². The van der Waals surface area contributed by atoms with E-state index in [2.05, 4.69) is 123 Å². The molecule has 0 spiro atoms. The highest BCUT2D eigenvalue weighted by Gasteiger charge is 2.16. The summed E-state index contributed by atoms with van der Waals surface area (Å²) < 4.78 is 0. The van der Waals surface area contributed by atoms with Gasteiger partial charge in [0.1, 0.15) is 0 Å². The second kappa shape index (κ2) is 16.6. The normalized spacial score (nSPS) is 11.5. The van der Waals surface area contributed by atoms with E-state index in [-0.39, 0.29) is 0 Å². The van der Waals surface area contributed by atoms with Crippen molar-refractivity contribution in [2.24, 2.45) is 0 Å². The maximum absolute atomic E-state index is 5.09. The Hall–Kier alpha value is -7.37. The topological polar surface area (TPSA) is 64.5 Å². The van der Waals surface area contributed by atoms with Crippen molar-refractivity contribution in [1.82, 2.24) is 24.9 Å². The Morgan fingerprint density at radius 2 is 0.877 bits per heavy atom. The summed E-state index contributed by atoms with van der Waals surface area (Å²) in [5.41, 5.74) is 14.0. The molecule has 0 amide bonds. The SMILES string of the molecule is C=C(/C=C\C(=C/C)c1cc(-c2ccc(-c3nc(C)cc(C)n3)cc2)cc(-c2nc(-c3ccccc3)nc(-c3ccccc3)n2)c1)c1ccccc1-c1ccccc1. The number of rotatable bonds is 10. The number of nitrogens with zero attached hydrogens (tertiary/aromatic N) is 5. The lowest BCUT2D eigenvalue weighted by Crippen LogP contribution is -2.01. The van der Waals surface area contributed by atoms with Gasteiger partial charge in [0.05, 0.1) is 0 Å². The molecular weight excluding hydrogens is 695 g/mol. The zero-order valence-corrected chi connectivity index (χ0v) is 32.3. The zero-order chi connectivity index (χ0) is 39.1. The van der Waals surface area contributed by atoms with Gasteiger partial charge in [0.2, 0.25) is 0 Å². The van der Waals surface area contributed by atoms with Gasteiger partial charge < -0.3 is 0 Å². The van der Waals surface area contributed by atoms with E-state index in [1.165, 1.54) is 0 Å². The Bertz CT molecular complexity index is 2670. The van der Waals surface area contributed by atoms with Crippen LogP contribution in [-0.2, 0) is 0 Å². The molecule has 8 aromatic rings. The van der Waals surface area contributed by atoms with Crippen molar-refractivity contribution in [3.05, 3.63) is 211 Å². The van der Waals surface area contributed by atoms with Crippen LogP contribution in [0.2, 0.25) is 0 Å². The number of hydrogen-bond acceptors (Lipinski definition) is 5. The molecule has 0 radical (unpaired) electrons. The van der Waals surface area contributed by atoms with Gasteiger partial charge in [-0.1, -0.05) is 164 Å². The molecule has 0 atom stereocenters. The number of hydrogen-bond donors (Lipinski definition) is 0. The average Bonchev–Trinajstić information content (AvgIpc) is 3.27. The first kappa shape index (κ1) is 36.6. The maximum atomic E-state index is 5.09. The number of aryl methyl sites for hydroxylation is 2. The second-order valence-electron chi connectivity index (χ2n) is 13.9. The van der Waals surface area contributed by atoms with Crippen molar-refractivity contribution in [3.63, 3.8) is 0 Å². The molecule has 0 aliphatic carbocycles. The van der Waals surface area contributed by atoms with Crippen LogP contribution in [0.4, 0.5) is 0 Å². The van der Waals surface area contributed by atoms with Crippen molar-refractivity contribution >= 4 is 11.1 Å². The number of benzene rings is 6. The molecule has 0 N–H and O–H groups in total. The first-order valence-corrected chi connectivity index (χ1v) is 19.1. The fourth-order valence-corrected chi connectivity index (χ4v) is 6.97. The summed E-state index contributed by atoms with van der Waals surface area (Å²) in [5.74, 6) is 2.54. The molecule has 2 aromatic heterocycles. The van der Waals surface area contributed by atoms with Gasteiger partial charge >= 0.3 is 0 Å². The third kappa shape index (κ3) is 8.34. The second-order valence-corrected chi connectivity index (χ2v) is 13.9. The molecule has 0 aliphatic rings. The summed E-state index contributed by atoms with van der Waals surface area (Å²) in [7, 11) is 0. The summed E-state index contributed by atoms with van der Waals surface area (Å²) in [6.07, 6.45) is 6.38. The average molecular weight is 736 g/mol. The molecule has 0 saturated carbocycles. The molecule has 5 heteroatoms. The fraction of sp³-hybridized carbons (Fsp3) is 0.0577. The van der Waals surface area contributed by atoms with Crippen LogP contribution >= 0.6 is 0 Å². The molecule has 274 valence electrons. The minimum Gasteiger partial charge on any atom is -0.233 e. The minimum absolute atomic E-state index is 0.590. The first-order chi connectivity index (χ1) is 27.9. The van der Waals surface area contributed by atoms with E-state index < -0.39 is 0 Å². The van der Waals surface area contributed by atoms with E-state index in [1.54, 1.807) is 0 Å². The van der Waals surface area contributed by atoms with Gasteiger partial charge in [-0.2, -0.15) is 0 Å². The molecular formula is C52H41N5. The highest BCUT2D eigenvalue weighted by molar-refractivity contribution is 5.88.